The molecular formula is C9H18N2OS. The third-order valence-corrected chi connectivity index (χ3v) is 3.00. The summed E-state index contributed by atoms with van der Waals surface area (Å²) in [5, 5.41) is 6.15. The summed E-state index contributed by atoms with van der Waals surface area (Å²) in [7, 11) is 0. The average Bonchev–Trinajstić information content (AvgIpc) is 1.97. The van der Waals surface area contributed by atoms with Crippen molar-refractivity contribution in [1.29, 1.82) is 0 Å². The zero-order chi connectivity index (χ0) is 9.68. The molecule has 0 radical (unpaired) electrons. The first-order valence-corrected chi connectivity index (χ1v) is 6.10. The van der Waals surface area contributed by atoms with Crippen LogP contribution in [0.1, 0.15) is 13.3 Å². The molecule has 1 atom stereocenters. The van der Waals surface area contributed by atoms with Crippen LogP contribution in [0.5, 0.6) is 0 Å². The minimum atomic E-state index is 0.202. The van der Waals surface area contributed by atoms with Crippen LogP contribution in [0.4, 0.5) is 0 Å². The van der Waals surface area contributed by atoms with Crippen molar-refractivity contribution in [2.24, 2.45) is 5.92 Å². The number of hydrogen-bond acceptors (Lipinski definition) is 3. The number of carbonyl (C=O) groups excluding carboxylic acids is 1. The highest BCUT2D eigenvalue weighted by Gasteiger charge is 2.20. The van der Waals surface area contributed by atoms with Gasteiger partial charge in [0, 0.05) is 18.2 Å². The highest BCUT2D eigenvalue weighted by Crippen LogP contribution is 2.08. The Morgan fingerprint density at radius 2 is 2.38 bits per heavy atom. The molecule has 1 heterocycles. The zero-order valence-corrected chi connectivity index (χ0v) is 9.12. The molecule has 0 aromatic heterocycles. The van der Waals surface area contributed by atoms with Gasteiger partial charge in [-0.05, 0) is 32.2 Å². The van der Waals surface area contributed by atoms with E-state index in [0.29, 0.717) is 18.4 Å². The van der Waals surface area contributed by atoms with E-state index in [-0.39, 0.29) is 5.91 Å². The van der Waals surface area contributed by atoms with E-state index in [1.54, 1.807) is 11.8 Å². The summed E-state index contributed by atoms with van der Waals surface area (Å²) < 4.78 is 0. The van der Waals surface area contributed by atoms with Crippen LogP contribution in [0, 0.1) is 5.92 Å². The summed E-state index contributed by atoms with van der Waals surface area (Å²) in [4.78, 5) is 11.4. The van der Waals surface area contributed by atoms with Gasteiger partial charge in [0.2, 0.25) is 5.91 Å². The fraction of sp³-hybridized carbons (Fsp3) is 0.889. The number of amides is 1. The number of rotatable bonds is 5. The highest BCUT2D eigenvalue weighted by atomic mass is 32.2. The lowest BCUT2D eigenvalue weighted by molar-refractivity contribution is -0.122. The monoisotopic (exact) mass is 202 g/mol. The summed E-state index contributed by atoms with van der Waals surface area (Å²) in [5.74, 6) is 1.77. The van der Waals surface area contributed by atoms with Gasteiger partial charge in [0.1, 0.15) is 0 Å². The summed E-state index contributed by atoms with van der Waals surface area (Å²) in [6.07, 6.45) is 2.74. The van der Waals surface area contributed by atoms with Gasteiger partial charge in [0.25, 0.3) is 0 Å². The van der Waals surface area contributed by atoms with E-state index in [9.17, 15) is 4.79 Å². The standard InChI is InChI=1S/C9H18N2OS/c1-7(6-13-2)11-9(12)3-8-4-10-5-8/h7-8,10H,3-6H2,1-2H3,(H,11,12). The molecule has 13 heavy (non-hydrogen) atoms. The van der Waals surface area contributed by atoms with Gasteiger partial charge in [-0.25, -0.2) is 0 Å². The quantitative estimate of drug-likeness (QED) is 0.680. The molecule has 1 fully saturated rings. The van der Waals surface area contributed by atoms with E-state index >= 15 is 0 Å². The van der Waals surface area contributed by atoms with Gasteiger partial charge in [-0.2, -0.15) is 11.8 Å². The largest absolute Gasteiger partial charge is 0.353 e. The molecule has 0 aromatic rings. The fourth-order valence-corrected chi connectivity index (χ4v) is 1.96. The smallest absolute Gasteiger partial charge is 0.220 e. The van der Waals surface area contributed by atoms with Crippen LogP contribution in [-0.4, -0.2) is 37.0 Å². The minimum absolute atomic E-state index is 0.202. The molecule has 76 valence electrons. The molecule has 4 heteroatoms. The Morgan fingerprint density at radius 3 is 2.85 bits per heavy atom. The predicted octanol–water partition coefficient (Wildman–Crippen LogP) is 0.464. The lowest BCUT2D eigenvalue weighted by atomic mass is 9.99. The summed E-state index contributed by atoms with van der Waals surface area (Å²) >= 11 is 1.76. The van der Waals surface area contributed by atoms with Crippen LogP contribution in [0.25, 0.3) is 0 Å². The molecule has 3 nitrogen and oxygen atoms in total. The van der Waals surface area contributed by atoms with Gasteiger partial charge < -0.3 is 10.6 Å². The Morgan fingerprint density at radius 1 is 1.69 bits per heavy atom. The molecule has 1 unspecified atom stereocenters. The van der Waals surface area contributed by atoms with Gasteiger partial charge >= 0.3 is 0 Å². The predicted molar refractivity (Wildman–Crippen MR) is 57.0 cm³/mol. The maximum Gasteiger partial charge on any atom is 0.220 e. The van der Waals surface area contributed by atoms with Gasteiger partial charge in [0.05, 0.1) is 0 Å². The second-order valence-electron chi connectivity index (χ2n) is 3.65. The molecule has 1 aliphatic rings. The van der Waals surface area contributed by atoms with Gasteiger partial charge in [0.15, 0.2) is 0 Å². The van der Waals surface area contributed by atoms with E-state index in [1.807, 2.05) is 6.92 Å². The van der Waals surface area contributed by atoms with Crippen LogP contribution in [0.15, 0.2) is 0 Å². The molecule has 0 aliphatic carbocycles. The molecule has 0 bridgehead atoms. The molecule has 1 saturated heterocycles. The Labute approximate surface area is 84.0 Å². The lowest BCUT2D eigenvalue weighted by Crippen LogP contribution is -2.45. The molecule has 0 aromatic carbocycles. The summed E-state index contributed by atoms with van der Waals surface area (Å²) in [6.45, 7) is 4.06. The maximum atomic E-state index is 11.4. The van der Waals surface area contributed by atoms with Crippen molar-refractivity contribution in [3.63, 3.8) is 0 Å². The Hall–Kier alpha value is -0.220. The van der Waals surface area contributed by atoms with Crippen molar-refractivity contribution in [2.75, 3.05) is 25.1 Å². The second-order valence-corrected chi connectivity index (χ2v) is 4.56. The third-order valence-electron chi connectivity index (χ3n) is 2.16. The highest BCUT2D eigenvalue weighted by molar-refractivity contribution is 7.98. The molecule has 2 N–H and O–H groups in total. The van der Waals surface area contributed by atoms with Gasteiger partial charge in [-0.3, -0.25) is 4.79 Å². The van der Waals surface area contributed by atoms with E-state index in [1.165, 1.54) is 0 Å². The van der Waals surface area contributed by atoms with Crippen molar-refractivity contribution < 1.29 is 4.79 Å². The van der Waals surface area contributed by atoms with E-state index in [2.05, 4.69) is 16.9 Å². The van der Waals surface area contributed by atoms with Crippen LogP contribution in [0.2, 0.25) is 0 Å². The first-order valence-electron chi connectivity index (χ1n) is 4.71. The Kier molecular flexibility index (Phi) is 4.59. The van der Waals surface area contributed by atoms with Crippen molar-refractivity contribution >= 4 is 17.7 Å². The van der Waals surface area contributed by atoms with E-state index in [0.717, 1.165) is 18.8 Å². The Bertz CT molecular complexity index is 171. The number of nitrogens with one attached hydrogen (secondary N) is 2. The first-order chi connectivity index (χ1) is 6.22. The molecule has 1 rings (SSSR count). The molecule has 0 spiro atoms. The molecule has 1 amide bonds. The van der Waals surface area contributed by atoms with Crippen molar-refractivity contribution in [3.05, 3.63) is 0 Å². The molecule has 0 saturated carbocycles. The van der Waals surface area contributed by atoms with E-state index < -0.39 is 0 Å². The van der Waals surface area contributed by atoms with Gasteiger partial charge in [-0.1, -0.05) is 0 Å². The van der Waals surface area contributed by atoms with E-state index in [4.69, 9.17) is 0 Å². The molecular weight excluding hydrogens is 184 g/mol. The first kappa shape index (κ1) is 10.9. The van der Waals surface area contributed by atoms with Crippen molar-refractivity contribution in [2.45, 2.75) is 19.4 Å². The maximum absolute atomic E-state index is 11.4. The number of thioether (sulfide) groups is 1. The van der Waals surface area contributed by atoms with Crippen LogP contribution >= 0.6 is 11.8 Å². The Balaban J connectivity index is 2.08. The van der Waals surface area contributed by atoms with Crippen LogP contribution < -0.4 is 10.6 Å². The van der Waals surface area contributed by atoms with Crippen LogP contribution in [0.3, 0.4) is 0 Å². The summed E-state index contributed by atoms with van der Waals surface area (Å²) in [6, 6.07) is 0.301. The summed E-state index contributed by atoms with van der Waals surface area (Å²) in [5.41, 5.74) is 0. The fourth-order valence-electron chi connectivity index (χ4n) is 1.38. The number of hydrogen-bond donors (Lipinski definition) is 2. The zero-order valence-electron chi connectivity index (χ0n) is 8.30. The molecule has 1 aliphatic heterocycles. The third kappa shape index (κ3) is 4.00. The normalized spacial score (nSPS) is 19.2. The van der Waals surface area contributed by atoms with Crippen LogP contribution in [-0.2, 0) is 4.79 Å². The average molecular weight is 202 g/mol. The number of carbonyl (C=O) groups is 1. The SMILES string of the molecule is CSCC(C)NC(=O)CC1CNC1. The van der Waals surface area contributed by atoms with Crippen molar-refractivity contribution in [1.82, 2.24) is 10.6 Å². The minimum Gasteiger partial charge on any atom is -0.353 e. The topological polar surface area (TPSA) is 41.1 Å². The van der Waals surface area contributed by atoms with Crippen molar-refractivity contribution in [3.8, 4) is 0 Å². The van der Waals surface area contributed by atoms with Gasteiger partial charge in [-0.15, -0.1) is 0 Å². The second kappa shape index (κ2) is 5.50. The lowest BCUT2D eigenvalue weighted by Gasteiger charge is -2.26.